The standard InChI is InChI=1S/C8H14N2/c1-7-4-5-9-8(6-7)10(2)3/h4-6,8-9H,1-3H3. The Labute approximate surface area is 62.2 Å². The van der Waals surface area contributed by atoms with Crippen molar-refractivity contribution in [1.82, 2.24) is 10.2 Å². The molecule has 1 aliphatic heterocycles. The van der Waals surface area contributed by atoms with Crippen LogP contribution in [0.1, 0.15) is 6.92 Å². The van der Waals surface area contributed by atoms with Gasteiger partial charge in [0.05, 0.1) is 6.17 Å². The fraction of sp³-hybridized carbons (Fsp3) is 0.500. The molecule has 0 saturated carbocycles. The Morgan fingerprint density at radius 1 is 1.50 bits per heavy atom. The third kappa shape index (κ3) is 1.61. The number of hydrogen-bond donors (Lipinski definition) is 1. The van der Waals surface area contributed by atoms with Crippen molar-refractivity contribution in [1.29, 1.82) is 0 Å². The normalized spacial score (nSPS) is 24.4. The number of nitrogens with zero attached hydrogens (tertiary/aromatic N) is 1. The third-order valence-electron chi connectivity index (χ3n) is 1.59. The quantitative estimate of drug-likeness (QED) is 0.580. The van der Waals surface area contributed by atoms with Crippen LogP contribution in [-0.4, -0.2) is 25.2 Å². The van der Waals surface area contributed by atoms with E-state index in [0.29, 0.717) is 6.17 Å². The van der Waals surface area contributed by atoms with Crippen molar-refractivity contribution in [2.24, 2.45) is 0 Å². The van der Waals surface area contributed by atoms with Gasteiger partial charge < -0.3 is 5.32 Å². The van der Waals surface area contributed by atoms with Gasteiger partial charge in [-0.1, -0.05) is 5.57 Å². The van der Waals surface area contributed by atoms with Gasteiger partial charge in [0.1, 0.15) is 0 Å². The van der Waals surface area contributed by atoms with E-state index in [0.717, 1.165) is 0 Å². The van der Waals surface area contributed by atoms with E-state index < -0.39 is 0 Å². The Morgan fingerprint density at radius 2 is 2.20 bits per heavy atom. The van der Waals surface area contributed by atoms with E-state index in [1.165, 1.54) is 5.57 Å². The van der Waals surface area contributed by atoms with Crippen LogP contribution in [0.5, 0.6) is 0 Å². The molecule has 0 amide bonds. The summed E-state index contributed by atoms with van der Waals surface area (Å²) in [5, 5.41) is 3.22. The molecule has 1 N–H and O–H groups in total. The van der Waals surface area contributed by atoms with Crippen LogP contribution >= 0.6 is 0 Å². The molecule has 0 aromatic heterocycles. The summed E-state index contributed by atoms with van der Waals surface area (Å²) in [5.41, 5.74) is 1.32. The summed E-state index contributed by atoms with van der Waals surface area (Å²) in [6.45, 7) is 2.10. The van der Waals surface area contributed by atoms with Crippen LogP contribution < -0.4 is 5.32 Å². The van der Waals surface area contributed by atoms with E-state index in [1.54, 1.807) is 0 Å². The van der Waals surface area contributed by atoms with Crippen molar-refractivity contribution in [3.8, 4) is 0 Å². The second kappa shape index (κ2) is 2.88. The first-order valence-corrected chi connectivity index (χ1v) is 3.47. The van der Waals surface area contributed by atoms with Gasteiger partial charge >= 0.3 is 0 Å². The smallest absolute Gasteiger partial charge is 0.0982 e. The van der Waals surface area contributed by atoms with Gasteiger partial charge in [0.2, 0.25) is 0 Å². The second-order valence-electron chi connectivity index (χ2n) is 2.82. The first-order valence-electron chi connectivity index (χ1n) is 3.47. The summed E-state index contributed by atoms with van der Waals surface area (Å²) in [6, 6.07) is 0. The average molecular weight is 138 g/mol. The van der Waals surface area contributed by atoms with Gasteiger partial charge in [-0.05, 0) is 39.4 Å². The van der Waals surface area contributed by atoms with E-state index in [2.05, 4.69) is 43.4 Å². The van der Waals surface area contributed by atoms with Gasteiger partial charge in [-0.25, -0.2) is 0 Å². The van der Waals surface area contributed by atoms with Gasteiger partial charge in [0.25, 0.3) is 0 Å². The third-order valence-corrected chi connectivity index (χ3v) is 1.59. The molecule has 1 aliphatic rings. The Kier molecular flexibility index (Phi) is 2.12. The zero-order chi connectivity index (χ0) is 7.56. The maximum atomic E-state index is 3.22. The van der Waals surface area contributed by atoms with Crippen LogP contribution in [0.2, 0.25) is 0 Å². The summed E-state index contributed by atoms with van der Waals surface area (Å²) in [6.07, 6.45) is 6.62. The fourth-order valence-electron chi connectivity index (χ4n) is 0.929. The maximum absolute atomic E-state index is 3.22. The van der Waals surface area contributed by atoms with Crippen molar-refractivity contribution < 1.29 is 0 Å². The molecule has 0 aliphatic carbocycles. The lowest BCUT2D eigenvalue weighted by atomic mass is 10.2. The van der Waals surface area contributed by atoms with Crippen molar-refractivity contribution in [2.75, 3.05) is 14.1 Å². The summed E-state index contributed by atoms with van der Waals surface area (Å²) < 4.78 is 0. The van der Waals surface area contributed by atoms with Crippen LogP contribution in [0.3, 0.4) is 0 Å². The van der Waals surface area contributed by atoms with Crippen LogP contribution in [-0.2, 0) is 0 Å². The van der Waals surface area contributed by atoms with Gasteiger partial charge in [0.15, 0.2) is 0 Å². The lowest BCUT2D eigenvalue weighted by Gasteiger charge is -2.24. The number of allylic oxidation sites excluding steroid dienone is 2. The highest BCUT2D eigenvalue weighted by molar-refractivity contribution is 5.21. The van der Waals surface area contributed by atoms with Gasteiger partial charge in [-0.15, -0.1) is 0 Å². The number of rotatable bonds is 1. The molecule has 0 spiro atoms. The first kappa shape index (κ1) is 7.35. The van der Waals surface area contributed by atoms with Crippen LogP contribution in [0, 0.1) is 0 Å². The SMILES string of the molecule is CC1=CC(N(C)C)NC=C1. The summed E-state index contributed by atoms with van der Waals surface area (Å²) >= 11 is 0. The zero-order valence-corrected chi connectivity index (χ0v) is 6.76. The molecule has 1 heterocycles. The molecule has 2 heteroatoms. The Balaban J connectivity index is 2.60. The molecule has 0 saturated heterocycles. The molecule has 1 atom stereocenters. The zero-order valence-electron chi connectivity index (χ0n) is 6.76. The molecule has 0 aromatic carbocycles. The Bertz CT molecular complexity index is 168. The molecule has 10 heavy (non-hydrogen) atoms. The van der Waals surface area contributed by atoms with Gasteiger partial charge in [-0.2, -0.15) is 0 Å². The molecule has 1 rings (SSSR count). The Hall–Kier alpha value is -0.760. The number of likely N-dealkylation sites (N-methyl/N-ethyl adjacent to an activating group) is 1. The van der Waals surface area contributed by atoms with Crippen LogP contribution in [0.25, 0.3) is 0 Å². The van der Waals surface area contributed by atoms with Crippen molar-refractivity contribution in [3.05, 3.63) is 23.9 Å². The largest absolute Gasteiger partial charge is 0.372 e. The lowest BCUT2D eigenvalue weighted by molar-refractivity contribution is 0.315. The number of nitrogens with one attached hydrogen (secondary N) is 1. The van der Waals surface area contributed by atoms with Gasteiger partial charge in [0, 0.05) is 0 Å². The summed E-state index contributed by atoms with van der Waals surface area (Å²) in [5.74, 6) is 0. The van der Waals surface area contributed by atoms with E-state index >= 15 is 0 Å². The van der Waals surface area contributed by atoms with Crippen molar-refractivity contribution in [2.45, 2.75) is 13.1 Å². The molecule has 2 nitrogen and oxygen atoms in total. The second-order valence-corrected chi connectivity index (χ2v) is 2.82. The van der Waals surface area contributed by atoms with E-state index in [1.807, 2.05) is 6.20 Å². The molecule has 0 aromatic rings. The highest BCUT2D eigenvalue weighted by Gasteiger charge is 2.06. The number of hydrogen-bond acceptors (Lipinski definition) is 2. The van der Waals surface area contributed by atoms with Gasteiger partial charge in [-0.3, -0.25) is 4.90 Å². The first-order chi connectivity index (χ1) is 4.70. The van der Waals surface area contributed by atoms with E-state index in [4.69, 9.17) is 0 Å². The summed E-state index contributed by atoms with van der Waals surface area (Å²) in [7, 11) is 4.11. The van der Waals surface area contributed by atoms with Crippen molar-refractivity contribution >= 4 is 0 Å². The molecular formula is C8H14N2. The fourth-order valence-corrected chi connectivity index (χ4v) is 0.929. The molecule has 0 bridgehead atoms. The molecule has 0 radical (unpaired) electrons. The molecule has 1 unspecified atom stereocenters. The van der Waals surface area contributed by atoms with Crippen LogP contribution in [0.4, 0.5) is 0 Å². The highest BCUT2D eigenvalue weighted by Crippen LogP contribution is 2.04. The average Bonchev–Trinajstić information content (AvgIpc) is 1.88. The monoisotopic (exact) mass is 138 g/mol. The molecular weight excluding hydrogens is 124 g/mol. The minimum atomic E-state index is 0.366. The lowest BCUT2D eigenvalue weighted by Crippen LogP contribution is -2.38. The predicted octanol–water partition coefficient (Wildman–Crippen LogP) is 0.937. The topological polar surface area (TPSA) is 15.3 Å². The minimum absolute atomic E-state index is 0.366. The Morgan fingerprint density at radius 3 is 2.60 bits per heavy atom. The maximum Gasteiger partial charge on any atom is 0.0982 e. The van der Waals surface area contributed by atoms with Crippen molar-refractivity contribution in [3.63, 3.8) is 0 Å². The molecule has 0 fully saturated rings. The van der Waals surface area contributed by atoms with E-state index in [9.17, 15) is 0 Å². The molecule has 56 valence electrons. The highest BCUT2D eigenvalue weighted by atomic mass is 15.2. The van der Waals surface area contributed by atoms with Crippen LogP contribution in [0.15, 0.2) is 23.9 Å². The number of dihydropyridines is 1. The van der Waals surface area contributed by atoms with E-state index in [-0.39, 0.29) is 0 Å². The minimum Gasteiger partial charge on any atom is -0.372 e. The summed E-state index contributed by atoms with van der Waals surface area (Å²) in [4.78, 5) is 2.13. The predicted molar refractivity (Wildman–Crippen MR) is 43.5 cm³/mol.